The quantitative estimate of drug-likeness (QED) is 0.871. The fourth-order valence-electron chi connectivity index (χ4n) is 3.40. The molecule has 0 aromatic carbocycles. The van der Waals surface area contributed by atoms with Gasteiger partial charge in [-0.2, -0.15) is 0 Å². The molecule has 2 saturated heterocycles. The van der Waals surface area contributed by atoms with Gasteiger partial charge in [-0.05, 0) is 37.9 Å². The number of likely N-dealkylation sites (tertiary alicyclic amines) is 1. The molecule has 1 amide bonds. The first-order chi connectivity index (χ1) is 9.75. The molecule has 0 radical (unpaired) electrons. The van der Waals surface area contributed by atoms with E-state index in [0.29, 0.717) is 31.5 Å². The molecule has 0 spiro atoms. The maximum absolute atomic E-state index is 12.2. The van der Waals surface area contributed by atoms with E-state index in [0.717, 1.165) is 25.9 Å². The molecule has 5 heteroatoms. The molecule has 3 heterocycles. The van der Waals surface area contributed by atoms with Gasteiger partial charge in [0.1, 0.15) is 0 Å². The third-order valence-electron chi connectivity index (χ3n) is 4.50. The molecule has 2 fully saturated rings. The number of nitrogens with zero attached hydrogens (tertiary/aromatic N) is 2. The molecule has 1 aromatic rings. The van der Waals surface area contributed by atoms with Crippen molar-refractivity contribution in [3.8, 4) is 0 Å². The summed E-state index contributed by atoms with van der Waals surface area (Å²) >= 11 is 0. The number of amides is 1. The number of aromatic nitrogens is 1. The third kappa shape index (κ3) is 2.63. The standard InChI is InChI=1S/C15H21N3O2/c19-14-3-1-2-8-17(14)9-10-18-13-6-7-16-11-12(13)4-5-15(18)20/h1-3,8,12-13,16H,4-7,9-11H2. The second-order valence-electron chi connectivity index (χ2n) is 5.68. The largest absolute Gasteiger partial charge is 0.338 e. The first-order valence-electron chi connectivity index (χ1n) is 7.41. The number of carbonyl (C=O) groups excluding carboxylic acids is 1. The van der Waals surface area contributed by atoms with Crippen LogP contribution in [-0.2, 0) is 11.3 Å². The summed E-state index contributed by atoms with van der Waals surface area (Å²) in [7, 11) is 0. The van der Waals surface area contributed by atoms with Crippen LogP contribution in [0.15, 0.2) is 29.2 Å². The minimum atomic E-state index is -0.00109. The van der Waals surface area contributed by atoms with Gasteiger partial charge in [-0.25, -0.2) is 0 Å². The van der Waals surface area contributed by atoms with Gasteiger partial charge >= 0.3 is 0 Å². The zero-order valence-electron chi connectivity index (χ0n) is 11.6. The maximum Gasteiger partial charge on any atom is 0.250 e. The van der Waals surface area contributed by atoms with E-state index in [9.17, 15) is 9.59 Å². The number of rotatable bonds is 3. The number of hydrogen-bond donors (Lipinski definition) is 1. The number of nitrogens with one attached hydrogen (secondary N) is 1. The van der Waals surface area contributed by atoms with Gasteiger partial charge in [0.05, 0.1) is 0 Å². The van der Waals surface area contributed by atoms with Crippen molar-refractivity contribution < 1.29 is 4.79 Å². The molecule has 3 rings (SSSR count). The van der Waals surface area contributed by atoms with Crippen molar-refractivity contribution in [3.63, 3.8) is 0 Å². The second-order valence-corrected chi connectivity index (χ2v) is 5.68. The highest BCUT2D eigenvalue weighted by Crippen LogP contribution is 2.28. The molecule has 0 saturated carbocycles. The Morgan fingerprint density at radius 2 is 2.10 bits per heavy atom. The van der Waals surface area contributed by atoms with Crippen LogP contribution in [0.4, 0.5) is 0 Å². The van der Waals surface area contributed by atoms with Crippen LogP contribution in [0.25, 0.3) is 0 Å². The number of carbonyl (C=O) groups is 1. The van der Waals surface area contributed by atoms with Gasteiger partial charge in [0, 0.05) is 37.8 Å². The molecule has 2 unspecified atom stereocenters. The number of piperidine rings is 2. The molecule has 2 aliphatic heterocycles. The number of hydrogen-bond acceptors (Lipinski definition) is 3. The highest BCUT2D eigenvalue weighted by Gasteiger charge is 2.36. The molecule has 1 aromatic heterocycles. The average Bonchev–Trinajstić information content (AvgIpc) is 2.48. The Labute approximate surface area is 118 Å². The van der Waals surface area contributed by atoms with E-state index in [-0.39, 0.29) is 11.5 Å². The topological polar surface area (TPSA) is 54.3 Å². The Hall–Kier alpha value is -1.62. The number of fused-ring (bicyclic) bond motifs is 1. The maximum atomic E-state index is 12.2. The van der Waals surface area contributed by atoms with Gasteiger partial charge in [0.2, 0.25) is 5.91 Å². The molecule has 0 bridgehead atoms. The minimum absolute atomic E-state index is 0.00109. The Bertz CT molecular complexity index is 540. The summed E-state index contributed by atoms with van der Waals surface area (Å²) in [6, 6.07) is 5.52. The molecule has 2 aliphatic rings. The highest BCUT2D eigenvalue weighted by atomic mass is 16.2. The molecule has 20 heavy (non-hydrogen) atoms. The predicted molar refractivity (Wildman–Crippen MR) is 76.4 cm³/mol. The summed E-state index contributed by atoms with van der Waals surface area (Å²) < 4.78 is 1.68. The van der Waals surface area contributed by atoms with E-state index >= 15 is 0 Å². The fraction of sp³-hybridized carbons (Fsp3) is 0.600. The van der Waals surface area contributed by atoms with Crippen LogP contribution in [0.2, 0.25) is 0 Å². The van der Waals surface area contributed by atoms with Gasteiger partial charge in [0.25, 0.3) is 5.56 Å². The van der Waals surface area contributed by atoms with E-state index in [1.807, 2.05) is 11.0 Å². The van der Waals surface area contributed by atoms with Crippen molar-refractivity contribution in [1.29, 1.82) is 0 Å². The summed E-state index contributed by atoms with van der Waals surface area (Å²) in [5.74, 6) is 0.825. The van der Waals surface area contributed by atoms with Crippen molar-refractivity contribution in [1.82, 2.24) is 14.8 Å². The van der Waals surface area contributed by atoms with Gasteiger partial charge in [0.15, 0.2) is 0 Å². The van der Waals surface area contributed by atoms with Gasteiger partial charge in [-0.3, -0.25) is 9.59 Å². The van der Waals surface area contributed by atoms with Crippen LogP contribution in [0.3, 0.4) is 0 Å². The SMILES string of the molecule is O=C1CCC2CNCCC2N1CCn1ccccc1=O. The molecule has 2 atom stereocenters. The monoisotopic (exact) mass is 275 g/mol. The Kier molecular flexibility index (Phi) is 3.87. The van der Waals surface area contributed by atoms with Crippen molar-refractivity contribution in [3.05, 3.63) is 34.7 Å². The lowest BCUT2D eigenvalue weighted by Crippen LogP contribution is -2.55. The zero-order chi connectivity index (χ0) is 13.9. The van der Waals surface area contributed by atoms with E-state index in [2.05, 4.69) is 5.32 Å². The van der Waals surface area contributed by atoms with Crippen LogP contribution in [-0.4, -0.2) is 41.1 Å². The van der Waals surface area contributed by atoms with Gasteiger partial charge in [-0.15, -0.1) is 0 Å². The molecule has 108 valence electrons. The van der Waals surface area contributed by atoms with E-state index in [1.54, 1.807) is 22.9 Å². The smallest absolute Gasteiger partial charge is 0.250 e. The van der Waals surface area contributed by atoms with Crippen LogP contribution in [0.5, 0.6) is 0 Å². The Balaban J connectivity index is 1.69. The summed E-state index contributed by atoms with van der Waals surface area (Å²) in [4.78, 5) is 25.9. The molecule has 1 N–H and O–H groups in total. The molecular weight excluding hydrogens is 254 g/mol. The van der Waals surface area contributed by atoms with Crippen LogP contribution in [0, 0.1) is 5.92 Å². The van der Waals surface area contributed by atoms with Crippen LogP contribution < -0.4 is 10.9 Å². The highest BCUT2D eigenvalue weighted by molar-refractivity contribution is 5.77. The lowest BCUT2D eigenvalue weighted by atomic mass is 9.84. The third-order valence-corrected chi connectivity index (χ3v) is 4.50. The lowest BCUT2D eigenvalue weighted by Gasteiger charge is -2.44. The Morgan fingerprint density at radius 1 is 1.20 bits per heavy atom. The average molecular weight is 275 g/mol. The first kappa shape index (κ1) is 13.4. The van der Waals surface area contributed by atoms with E-state index < -0.39 is 0 Å². The summed E-state index contributed by atoms with van der Waals surface area (Å²) in [5.41, 5.74) is -0.00109. The summed E-state index contributed by atoms with van der Waals surface area (Å²) in [6.07, 6.45) is 4.46. The lowest BCUT2D eigenvalue weighted by molar-refractivity contribution is -0.139. The summed E-state index contributed by atoms with van der Waals surface area (Å²) in [6.45, 7) is 3.22. The first-order valence-corrected chi connectivity index (χ1v) is 7.41. The second kappa shape index (κ2) is 5.79. The minimum Gasteiger partial charge on any atom is -0.338 e. The van der Waals surface area contributed by atoms with Crippen molar-refractivity contribution in [2.24, 2.45) is 5.92 Å². The van der Waals surface area contributed by atoms with Crippen LogP contribution >= 0.6 is 0 Å². The van der Waals surface area contributed by atoms with E-state index in [1.165, 1.54) is 0 Å². The van der Waals surface area contributed by atoms with E-state index in [4.69, 9.17) is 0 Å². The van der Waals surface area contributed by atoms with Crippen molar-refractivity contribution in [2.45, 2.75) is 31.8 Å². The normalized spacial score (nSPS) is 26.4. The predicted octanol–water partition coefficient (Wildman–Crippen LogP) is 0.449. The molecular formula is C15H21N3O2. The number of pyridine rings is 1. The summed E-state index contributed by atoms with van der Waals surface area (Å²) in [5, 5.41) is 3.41. The van der Waals surface area contributed by atoms with Crippen LogP contribution in [0.1, 0.15) is 19.3 Å². The van der Waals surface area contributed by atoms with Crippen molar-refractivity contribution in [2.75, 3.05) is 19.6 Å². The molecule has 0 aliphatic carbocycles. The molecule has 5 nitrogen and oxygen atoms in total. The van der Waals surface area contributed by atoms with Gasteiger partial charge < -0.3 is 14.8 Å². The fourth-order valence-corrected chi connectivity index (χ4v) is 3.40. The zero-order valence-corrected chi connectivity index (χ0v) is 11.6. The Morgan fingerprint density at radius 3 is 2.95 bits per heavy atom. The van der Waals surface area contributed by atoms with Crippen molar-refractivity contribution >= 4 is 5.91 Å². The van der Waals surface area contributed by atoms with Gasteiger partial charge in [-0.1, -0.05) is 6.07 Å².